The Bertz CT molecular complexity index is 905. The van der Waals surface area contributed by atoms with E-state index < -0.39 is 119 Å². The van der Waals surface area contributed by atoms with E-state index in [1.54, 1.807) is 0 Å². The van der Waals surface area contributed by atoms with Crippen LogP contribution in [0.5, 0.6) is 0 Å². The van der Waals surface area contributed by atoms with Crippen molar-refractivity contribution in [3.63, 3.8) is 0 Å². The van der Waals surface area contributed by atoms with E-state index in [-0.39, 0.29) is 21.1 Å². The number of hydrogen-bond acceptors (Lipinski definition) is 16. The van der Waals surface area contributed by atoms with Crippen molar-refractivity contribution in [3.05, 3.63) is 0 Å². The Balaban J connectivity index is -0.000000157. The largest absolute Gasteiger partial charge is 4.00 e. The molecule has 0 fully saturated rings. The van der Waals surface area contributed by atoms with Crippen molar-refractivity contribution in [3.8, 4) is 0 Å². The van der Waals surface area contributed by atoms with Crippen molar-refractivity contribution >= 4 is 70.1 Å². The number of carboxylic acid groups (broad SMARTS) is 4. The van der Waals surface area contributed by atoms with E-state index >= 15 is 0 Å². The van der Waals surface area contributed by atoms with Gasteiger partial charge in [0.2, 0.25) is 0 Å². The molecule has 254 valence electrons. The van der Waals surface area contributed by atoms with Gasteiger partial charge in [-0.15, -0.1) is 0 Å². The molecule has 16 nitrogen and oxygen atoms in total. The number of aliphatic carboxylic acids is 4. The zero-order valence-electron chi connectivity index (χ0n) is 26.0. The molecule has 0 aliphatic heterocycles. The van der Waals surface area contributed by atoms with Crippen molar-refractivity contribution in [2.45, 2.75) is 81.1 Å². The third-order valence-electron chi connectivity index (χ3n) is 5.41. The maximum Gasteiger partial charge on any atom is 4.00 e. The standard InChI is InChI=1S/4C7H10O4.Pt/c4*1-4(8)6(5(2)9)3-7(10)11;/h4*6H,3H2,1-2H3,(H,10,11);/q;;;;+4/p-4. The Morgan fingerprint density at radius 2 is 0.400 bits per heavy atom. The average molecular weight is 824 g/mol. The molecule has 0 aromatic heterocycles. The fourth-order valence-electron chi connectivity index (χ4n) is 2.96. The monoisotopic (exact) mass is 823 g/mol. The van der Waals surface area contributed by atoms with Crippen LogP contribution in [0.1, 0.15) is 81.1 Å². The number of rotatable bonds is 16. The summed E-state index contributed by atoms with van der Waals surface area (Å²) in [6, 6.07) is 0. The van der Waals surface area contributed by atoms with Gasteiger partial charge in [-0.25, -0.2) is 0 Å². The molecule has 45 heavy (non-hydrogen) atoms. The van der Waals surface area contributed by atoms with Gasteiger partial charge >= 0.3 is 21.1 Å². The Kier molecular flexibility index (Phi) is 29.6. The Hall–Kier alpha value is -4.07. The minimum Gasteiger partial charge on any atom is -0.550 e. The Labute approximate surface area is 273 Å². The smallest absolute Gasteiger partial charge is 0.550 e. The van der Waals surface area contributed by atoms with Crippen molar-refractivity contribution < 1.29 is 99.0 Å². The molecule has 0 saturated heterocycles. The number of carbonyl (C=O) groups is 12. The van der Waals surface area contributed by atoms with Gasteiger partial charge in [-0.1, -0.05) is 0 Å². The summed E-state index contributed by atoms with van der Waals surface area (Å²) >= 11 is 0. The molecule has 0 aromatic rings. The maximum absolute atomic E-state index is 10.6. The van der Waals surface area contributed by atoms with Crippen LogP contribution in [0, 0.1) is 23.7 Å². The predicted molar refractivity (Wildman–Crippen MR) is 138 cm³/mol. The van der Waals surface area contributed by atoms with Crippen molar-refractivity contribution in [1.82, 2.24) is 0 Å². The van der Waals surface area contributed by atoms with Crippen molar-refractivity contribution in [1.29, 1.82) is 0 Å². The van der Waals surface area contributed by atoms with Crippen LogP contribution < -0.4 is 20.4 Å². The van der Waals surface area contributed by atoms with Crippen molar-refractivity contribution in [2.75, 3.05) is 0 Å². The molecule has 0 aromatic carbocycles. The molecule has 0 rings (SSSR count). The average Bonchev–Trinajstić information content (AvgIpc) is 2.82. The molecule has 0 bridgehead atoms. The second kappa shape index (κ2) is 26.3. The Morgan fingerprint density at radius 3 is 0.422 bits per heavy atom. The summed E-state index contributed by atoms with van der Waals surface area (Å²) in [7, 11) is 0. The van der Waals surface area contributed by atoms with Crippen LogP contribution in [0.15, 0.2) is 0 Å². The van der Waals surface area contributed by atoms with Gasteiger partial charge in [0.05, 0.1) is 23.7 Å². The van der Waals surface area contributed by atoms with Crippen LogP contribution in [-0.4, -0.2) is 70.1 Å². The molecule has 0 atom stereocenters. The van der Waals surface area contributed by atoms with Crippen LogP contribution in [0.2, 0.25) is 0 Å². The molecule has 0 spiro atoms. The number of carbonyl (C=O) groups excluding carboxylic acids is 12. The molecule has 0 amide bonds. The first kappa shape index (κ1) is 50.5. The van der Waals surface area contributed by atoms with Crippen LogP contribution in [0.3, 0.4) is 0 Å². The van der Waals surface area contributed by atoms with E-state index in [0.717, 1.165) is 0 Å². The number of Topliss-reactive ketones (excluding diaryl/α,β-unsaturated/α-hetero) is 8. The fourth-order valence-corrected chi connectivity index (χ4v) is 2.96. The van der Waals surface area contributed by atoms with Gasteiger partial charge in [0.25, 0.3) is 0 Å². The van der Waals surface area contributed by atoms with Crippen LogP contribution in [-0.2, 0) is 78.6 Å². The van der Waals surface area contributed by atoms with Gasteiger partial charge < -0.3 is 39.6 Å². The van der Waals surface area contributed by atoms with Crippen LogP contribution >= 0.6 is 0 Å². The summed E-state index contributed by atoms with van der Waals surface area (Å²) in [6.45, 7) is 9.52. The third kappa shape index (κ3) is 29.8. The van der Waals surface area contributed by atoms with Gasteiger partial charge in [-0.2, -0.15) is 0 Å². The van der Waals surface area contributed by atoms with Gasteiger partial charge in [-0.05, 0) is 55.4 Å². The minimum absolute atomic E-state index is 0. The maximum atomic E-state index is 10.6. The number of ketones is 8. The molecule has 0 aliphatic rings. The van der Waals surface area contributed by atoms with E-state index in [0.29, 0.717) is 0 Å². The van der Waals surface area contributed by atoms with E-state index in [2.05, 4.69) is 0 Å². The topological polar surface area (TPSA) is 297 Å². The van der Waals surface area contributed by atoms with E-state index in [4.69, 9.17) is 0 Å². The third-order valence-corrected chi connectivity index (χ3v) is 5.41. The Morgan fingerprint density at radius 1 is 0.311 bits per heavy atom. The zero-order valence-corrected chi connectivity index (χ0v) is 28.3. The number of carboxylic acids is 4. The first-order valence-corrected chi connectivity index (χ1v) is 12.6. The summed E-state index contributed by atoms with van der Waals surface area (Å²) < 4.78 is 0. The van der Waals surface area contributed by atoms with Crippen molar-refractivity contribution in [2.24, 2.45) is 23.7 Å². The predicted octanol–water partition coefficient (Wildman–Crippen LogP) is -4.32. The molecule has 0 unspecified atom stereocenters. The van der Waals surface area contributed by atoms with Gasteiger partial charge in [-0.3, -0.25) is 38.4 Å². The molecule has 17 heteroatoms. The quantitative estimate of drug-likeness (QED) is 0.133. The van der Waals surface area contributed by atoms with Gasteiger partial charge in [0.1, 0.15) is 46.3 Å². The molecule has 0 radical (unpaired) electrons. The summed E-state index contributed by atoms with van der Waals surface area (Å²) in [5, 5.41) is 40.0. The van der Waals surface area contributed by atoms with Crippen LogP contribution in [0.25, 0.3) is 0 Å². The fraction of sp³-hybridized carbons (Fsp3) is 0.571. The molecule has 0 saturated carbocycles. The molecular weight excluding hydrogens is 787 g/mol. The number of hydrogen-bond donors (Lipinski definition) is 0. The zero-order chi connectivity index (χ0) is 36.1. The second-order valence-electron chi connectivity index (χ2n) is 9.40. The van der Waals surface area contributed by atoms with Gasteiger partial charge in [0, 0.05) is 49.6 Å². The molecule has 0 heterocycles. The molecular formula is C28H36O16Pt. The summed E-state index contributed by atoms with van der Waals surface area (Å²) in [4.78, 5) is 125. The summed E-state index contributed by atoms with van der Waals surface area (Å²) in [6.07, 6.45) is -2.04. The van der Waals surface area contributed by atoms with Gasteiger partial charge in [0.15, 0.2) is 0 Å². The first-order valence-electron chi connectivity index (χ1n) is 12.6. The first-order chi connectivity index (χ1) is 19.8. The van der Waals surface area contributed by atoms with E-state index in [9.17, 15) is 78.0 Å². The van der Waals surface area contributed by atoms with E-state index in [1.165, 1.54) is 55.4 Å². The summed E-state index contributed by atoms with van der Waals surface area (Å²) in [5.74, 6) is -13.0. The van der Waals surface area contributed by atoms with E-state index in [1.807, 2.05) is 0 Å². The summed E-state index contributed by atoms with van der Waals surface area (Å²) in [5.41, 5.74) is 0. The SMILES string of the molecule is CC(=O)C(CC(=O)[O-])C(C)=O.CC(=O)C(CC(=O)[O-])C(C)=O.CC(=O)C(CC(=O)[O-])C(C)=O.CC(=O)C(CC(=O)[O-])C(C)=O.[Pt+4]. The van der Waals surface area contributed by atoms with Crippen LogP contribution in [0.4, 0.5) is 0 Å². The molecule has 0 aliphatic carbocycles. The molecule has 0 N–H and O–H groups in total. The second-order valence-corrected chi connectivity index (χ2v) is 9.40. The normalized spacial score (nSPS) is 9.51. The minimum atomic E-state index is -1.37.